The molecule has 0 spiro atoms. The van der Waals surface area contributed by atoms with Crippen LogP contribution in [-0.2, 0) is 12.8 Å². The van der Waals surface area contributed by atoms with Gasteiger partial charge in [-0.1, -0.05) is 24.3 Å². The van der Waals surface area contributed by atoms with Gasteiger partial charge in [-0.2, -0.15) is 0 Å². The fraction of sp³-hybridized carbons (Fsp3) is 0.417. The van der Waals surface area contributed by atoms with Crippen LogP contribution in [0.1, 0.15) is 67.2 Å². The van der Waals surface area contributed by atoms with Gasteiger partial charge in [-0.05, 0) is 52.7 Å². The molecule has 2 aliphatic rings. The maximum Gasteiger partial charge on any atom is 0.166 e. The van der Waals surface area contributed by atoms with Crippen LogP contribution in [0.5, 0.6) is 11.5 Å². The van der Waals surface area contributed by atoms with Gasteiger partial charge in [-0.15, -0.1) is 12.4 Å². The van der Waals surface area contributed by atoms with Crippen LogP contribution in [-0.4, -0.2) is 29.7 Å². The number of halogens is 1. The summed E-state index contributed by atoms with van der Waals surface area (Å²) < 4.78 is 11.9. The zero-order chi connectivity index (χ0) is 20.3. The second kappa shape index (κ2) is 7.17. The average molecular weight is 414 g/mol. The van der Waals surface area contributed by atoms with Gasteiger partial charge in [0.2, 0.25) is 0 Å². The molecule has 2 aromatic rings. The highest BCUT2D eigenvalue weighted by atomic mass is 35.5. The van der Waals surface area contributed by atoms with Crippen molar-refractivity contribution >= 4 is 23.9 Å². The zero-order valence-corrected chi connectivity index (χ0v) is 18.7. The number of hydrogen-bond donors (Lipinski definition) is 0. The van der Waals surface area contributed by atoms with E-state index >= 15 is 0 Å². The van der Waals surface area contributed by atoms with Crippen LogP contribution in [0.15, 0.2) is 35.3 Å². The van der Waals surface area contributed by atoms with Gasteiger partial charge in [0.05, 0.1) is 18.4 Å². The Hall–Kier alpha value is -2.33. The molecule has 5 heteroatoms. The van der Waals surface area contributed by atoms with Gasteiger partial charge in [0, 0.05) is 28.7 Å². The quantitative estimate of drug-likeness (QED) is 0.649. The molecular formula is C24H28ClNO3. The van der Waals surface area contributed by atoms with Crippen molar-refractivity contribution in [2.75, 3.05) is 7.11 Å². The summed E-state index contributed by atoms with van der Waals surface area (Å²) in [5, 5.41) is 0. The molecule has 4 nitrogen and oxygen atoms in total. The Balaban J connectivity index is 0.00000240. The Morgan fingerprint density at radius 1 is 1.10 bits per heavy atom. The Bertz CT molecular complexity index is 1000. The second-order valence-electron chi connectivity index (χ2n) is 9.04. The first kappa shape index (κ1) is 21.4. The fourth-order valence-corrected chi connectivity index (χ4v) is 4.29. The van der Waals surface area contributed by atoms with E-state index in [0.717, 1.165) is 41.2 Å². The summed E-state index contributed by atoms with van der Waals surface area (Å²) in [7, 11) is 1.69. The number of rotatable bonds is 3. The van der Waals surface area contributed by atoms with E-state index in [1.54, 1.807) is 14.0 Å². The number of hydrogen-bond acceptors (Lipinski definition) is 4. The van der Waals surface area contributed by atoms with E-state index < -0.39 is 0 Å². The number of benzene rings is 2. The van der Waals surface area contributed by atoms with E-state index in [1.807, 2.05) is 24.3 Å². The van der Waals surface area contributed by atoms with E-state index in [9.17, 15) is 4.79 Å². The van der Waals surface area contributed by atoms with Gasteiger partial charge in [0.15, 0.2) is 17.3 Å². The van der Waals surface area contributed by atoms with Crippen LogP contribution < -0.4 is 9.47 Å². The van der Waals surface area contributed by atoms with E-state index in [0.29, 0.717) is 5.56 Å². The Morgan fingerprint density at radius 3 is 2.34 bits per heavy atom. The number of carbonyl (C=O) groups is 1. The lowest BCUT2D eigenvalue weighted by molar-refractivity contribution is 0.101. The predicted molar refractivity (Wildman–Crippen MR) is 119 cm³/mol. The van der Waals surface area contributed by atoms with Gasteiger partial charge in [0.1, 0.15) is 5.60 Å². The Morgan fingerprint density at radius 2 is 1.76 bits per heavy atom. The largest absolute Gasteiger partial charge is 0.493 e. The fourth-order valence-electron chi connectivity index (χ4n) is 4.29. The SMILES string of the molecule is COc1cc2c(c3c1OC(C)(C)C3)C(c1ccc(C(C)=O)cc1)=NC(C)(C)C2.Cl. The van der Waals surface area contributed by atoms with E-state index in [4.69, 9.17) is 14.5 Å². The molecule has 29 heavy (non-hydrogen) atoms. The topological polar surface area (TPSA) is 47.9 Å². The molecule has 154 valence electrons. The number of methoxy groups -OCH3 is 1. The minimum atomic E-state index is -0.276. The molecule has 0 bridgehead atoms. The maximum absolute atomic E-state index is 11.7. The molecule has 2 aliphatic heterocycles. The highest BCUT2D eigenvalue weighted by Gasteiger charge is 2.39. The Kier molecular flexibility index (Phi) is 5.29. The summed E-state index contributed by atoms with van der Waals surface area (Å²) in [4.78, 5) is 16.8. The molecule has 4 rings (SSSR count). The van der Waals surface area contributed by atoms with Crippen molar-refractivity contribution < 1.29 is 14.3 Å². The summed E-state index contributed by atoms with van der Waals surface area (Å²) in [6.45, 7) is 10.1. The number of ether oxygens (including phenoxy) is 2. The van der Waals surface area contributed by atoms with E-state index in [-0.39, 0.29) is 29.3 Å². The lowest BCUT2D eigenvalue weighted by Gasteiger charge is -2.31. The van der Waals surface area contributed by atoms with Gasteiger partial charge in [-0.25, -0.2) is 0 Å². The summed E-state index contributed by atoms with van der Waals surface area (Å²) in [5.41, 5.74) is 5.79. The first-order chi connectivity index (χ1) is 13.1. The molecule has 0 aliphatic carbocycles. The van der Waals surface area contributed by atoms with Crippen molar-refractivity contribution in [3.8, 4) is 11.5 Å². The first-order valence-corrected chi connectivity index (χ1v) is 9.73. The van der Waals surface area contributed by atoms with Crippen LogP contribution in [0, 0.1) is 0 Å². The van der Waals surface area contributed by atoms with Gasteiger partial charge >= 0.3 is 0 Å². The third-order valence-electron chi connectivity index (χ3n) is 5.47. The minimum absolute atomic E-state index is 0. The molecule has 0 aromatic heterocycles. The lowest BCUT2D eigenvalue weighted by atomic mass is 9.81. The summed E-state index contributed by atoms with van der Waals surface area (Å²) >= 11 is 0. The highest BCUT2D eigenvalue weighted by Crippen LogP contribution is 2.47. The van der Waals surface area contributed by atoms with Gasteiger partial charge in [0.25, 0.3) is 0 Å². The third-order valence-corrected chi connectivity index (χ3v) is 5.47. The van der Waals surface area contributed by atoms with Crippen molar-refractivity contribution in [2.45, 2.75) is 58.6 Å². The van der Waals surface area contributed by atoms with Crippen LogP contribution >= 0.6 is 12.4 Å². The molecule has 0 atom stereocenters. The summed E-state index contributed by atoms with van der Waals surface area (Å²) in [5.74, 6) is 1.70. The van der Waals surface area contributed by atoms with Crippen molar-refractivity contribution in [1.29, 1.82) is 0 Å². The van der Waals surface area contributed by atoms with Crippen LogP contribution in [0.25, 0.3) is 0 Å². The van der Waals surface area contributed by atoms with E-state index in [1.165, 1.54) is 11.1 Å². The molecule has 0 radical (unpaired) electrons. The van der Waals surface area contributed by atoms with Gasteiger partial charge < -0.3 is 9.47 Å². The second-order valence-corrected chi connectivity index (χ2v) is 9.04. The normalized spacial score (nSPS) is 17.9. The molecule has 0 saturated heterocycles. The zero-order valence-electron chi connectivity index (χ0n) is 17.9. The van der Waals surface area contributed by atoms with Crippen molar-refractivity contribution in [3.05, 3.63) is 58.1 Å². The van der Waals surface area contributed by atoms with Gasteiger partial charge in [-0.3, -0.25) is 9.79 Å². The van der Waals surface area contributed by atoms with Crippen molar-refractivity contribution in [3.63, 3.8) is 0 Å². The summed E-state index contributed by atoms with van der Waals surface area (Å²) in [6, 6.07) is 9.86. The first-order valence-electron chi connectivity index (χ1n) is 9.73. The van der Waals surface area contributed by atoms with Crippen molar-refractivity contribution in [2.24, 2.45) is 4.99 Å². The molecular weight excluding hydrogens is 386 g/mol. The monoisotopic (exact) mass is 413 g/mol. The molecule has 0 saturated carbocycles. The molecule has 0 N–H and O–H groups in total. The molecule has 0 unspecified atom stereocenters. The number of aliphatic imine (C=N–C) groups is 1. The maximum atomic E-state index is 11.7. The number of carbonyl (C=O) groups excluding carboxylic acids is 1. The standard InChI is InChI=1S/C24H27NO3.ClH/c1-14(26)15-7-9-16(10-8-15)21-20-17(12-23(2,3)25-21)11-19(27-6)22-18(20)13-24(4,5)28-22;/h7-11H,12-13H2,1-6H3;1H. The smallest absolute Gasteiger partial charge is 0.166 e. The molecule has 0 fully saturated rings. The van der Waals surface area contributed by atoms with Crippen LogP contribution in [0.2, 0.25) is 0 Å². The van der Waals surface area contributed by atoms with Crippen molar-refractivity contribution in [1.82, 2.24) is 0 Å². The molecule has 2 heterocycles. The Labute approximate surface area is 178 Å². The minimum Gasteiger partial charge on any atom is -0.493 e. The van der Waals surface area contributed by atoms with Crippen LogP contribution in [0.4, 0.5) is 0 Å². The average Bonchev–Trinajstić information content (AvgIpc) is 2.94. The number of fused-ring (bicyclic) bond motifs is 3. The van der Waals surface area contributed by atoms with Crippen LogP contribution in [0.3, 0.4) is 0 Å². The number of nitrogens with zero attached hydrogens (tertiary/aromatic N) is 1. The molecule has 2 aromatic carbocycles. The summed E-state index contributed by atoms with van der Waals surface area (Å²) in [6.07, 6.45) is 1.66. The number of Topliss-reactive ketones (excluding diaryl/α,β-unsaturated/α-hetero) is 1. The lowest BCUT2D eigenvalue weighted by Crippen LogP contribution is -2.30. The third kappa shape index (κ3) is 3.78. The van der Waals surface area contributed by atoms with E-state index in [2.05, 4.69) is 33.8 Å². The highest BCUT2D eigenvalue weighted by molar-refractivity contribution is 6.16. The molecule has 0 amide bonds. The predicted octanol–water partition coefficient (Wildman–Crippen LogP) is 5.21. The number of ketones is 1.